The van der Waals surface area contributed by atoms with Crippen molar-refractivity contribution >= 4 is 0 Å². The highest BCUT2D eigenvalue weighted by molar-refractivity contribution is 5.41. The minimum Gasteiger partial charge on any atom is -0.496 e. The molecule has 0 unspecified atom stereocenters. The topological polar surface area (TPSA) is 41.5 Å². The number of methoxy groups -OCH3 is 1. The second kappa shape index (κ2) is 8.40. The second-order valence-electron chi connectivity index (χ2n) is 7.86. The van der Waals surface area contributed by atoms with Gasteiger partial charge in [-0.1, -0.05) is 85.8 Å². The third kappa shape index (κ3) is 3.68. The molecule has 4 rings (SSSR count). The first-order valence-electron chi connectivity index (χ1n) is 10.4. The molecule has 0 saturated carbocycles. The van der Waals surface area contributed by atoms with Gasteiger partial charge in [-0.3, -0.25) is 0 Å². The SMILES string of the molecule is CC[C@H]1[C@@H](c2ccccc2)N[C@H](c2ccccc2)C[C@]1(O)c1ccccc1OC. The standard InChI is InChI=1S/C26H29NO2/c1-3-21-25(20-14-8-5-9-15-20)27-23(19-12-6-4-7-13-19)18-26(21,28)22-16-10-11-17-24(22)29-2/h4-17,21,23,25,27-28H,3,18H2,1-2H3/t21-,23-,25+,26+/m0/s1. The van der Waals surface area contributed by atoms with Crippen LogP contribution in [0.5, 0.6) is 5.75 Å². The number of rotatable bonds is 5. The summed E-state index contributed by atoms with van der Waals surface area (Å²) in [5.41, 5.74) is 2.26. The molecular formula is C26H29NO2. The molecule has 3 aromatic rings. The molecule has 3 aromatic carbocycles. The van der Waals surface area contributed by atoms with Crippen molar-refractivity contribution in [2.45, 2.75) is 37.5 Å². The molecule has 150 valence electrons. The highest BCUT2D eigenvalue weighted by Gasteiger charge is 2.49. The molecule has 0 spiro atoms. The average Bonchev–Trinajstić information content (AvgIpc) is 2.79. The highest BCUT2D eigenvalue weighted by atomic mass is 16.5. The summed E-state index contributed by atoms with van der Waals surface area (Å²) < 4.78 is 5.66. The molecule has 2 N–H and O–H groups in total. The maximum absolute atomic E-state index is 12.3. The van der Waals surface area contributed by atoms with Gasteiger partial charge in [0.25, 0.3) is 0 Å². The van der Waals surface area contributed by atoms with Gasteiger partial charge in [0.2, 0.25) is 0 Å². The van der Waals surface area contributed by atoms with E-state index < -0.39 is 5.60 Å². The Morgan fingerprint density at radius 1 is 0.897 bits per heavy atom. The summed E-state index contributed by atoms with van der Waals surface area (Å²) in [7, 11) is 1.67. The van der Waals surface area contributed by atoms with Gasteiger partial charge in [-0.2, -0.15) is 0 Å². The Hall–Kier alpha value is -2.62. The van der Waals surface area contributed by atoms with E-state index in [1.54, 1.807) is 7.11 Å². The largest absolute Gasteiger partial charge is 0.496 e. The third-order valence-corrected chi connectivity index (χ3v) is 6.29. The molecule has 1 heterocycles. The van der Waals surface area contributed by atoms with Crippen molar-refractivity contribution in [3.63, 3.8) is 0 Å². The summed E-state index contributed by atoms with van der Waals surface area (Å²) in [5, 5.41) is 16.1. The fraction of sp³-hybridized carbons (Fsp3) is 0.308. The lowest BCUT2D eigenvalue weighted by Crippen LogP contribution is -2.51. The summed E-state index contributed by atoms with van der Waals surface area (Å²) in [5.74, 6) is 0.759. The molecule has 0 aliphatic carbocycles. The Morgan fingerprint density at radius 3 is 2.10 bits per heavy atom. The second-order valence-corrected chi connectivity index (χ2v) is 7.86. The summed E-state index contributed by atoms with van der Waals surface area (Å²) in [6.07, 6.45) is 1.45. The Kier molecular flexibility index (Phi) is 5.70. The molecule has 4 atom stereocenters. The lowest BCUT2D eigenvalue weighted by Gasteiger charge is -2.49. The summed E-state index contributed by atoms with van der Waals surface area (Å²) in [6.45, 7) is 2.16. The van der Waals surface area contributed by atoms with E-state index in [4.69, 9.17) is 4.74 Å². The van der Waals surface area contributed by atoms with Crippen LogP contribution < -0.4 is 10.1 Å². The van der Waals surface area contributed by atoms with Gasteiger partial charge in [0, 0.05) is 30.0 Å². The minimum atomic E-state index is -1.01. The van der Waals surface area contributed by atoms with Crippen LogP contribution in [0.2, 0.25) is 0 Å². The van der Waals surface area contributed by atoms with Crippen molar-refractivity contribution in [1.29, 1.82) is 0 Å². The molecule has 1 saturated heterocycles. The van der Waals surface area contributed by atoms with Crippen LogP contribution in [0.4, 0.5) is 0 Å². The van der Waals surface area contributed by atoms with Crippen molar-refractivity contribution < 1.29 is 9.84 Å². The van der Waals surface area contributed by atoms with E-state index in [0.29, 0.717) is 6.42 Å². The summed E-state index contributed by atoms with van der Waals surface area (Å²) in [6, 6.07) is 28.9. The van der Waals surface area contributed by atoms with E-state index >= 15 is 0 Å². The van der Waals surface area contributed by atoms with Gasteiger partial charge in [0.15, 0.2) is 0 Å². The Labute approximate surface area is 173 Å². The molecular weight excluding hydrogens is 358 g/mol. The molecule has 0 bridgehead atoms. The van der Waals surface area contributed by atoms with Gasteiger partial charge in [0.1, 0.15) is 5.75 Å². The van der Waals surface area contributed by atoms with Gasteiger partial charge >= 0.3 is 0 Å². The van der Waals surface area contributed by atoms with Gasteiger partial charge in [0.05, 0.1) is 12.7 Å². The monoisotopic (exact) mass is 387 g/mol. The van der Waals surface area contributed by atoms with Crippen LogP contribution >= 0.6 is 0 Å². The van der Waals surface area contributed by atoms with E-state index in [1.807, 2.05) is 36.4 Å². The Bertz CT molecular complexity index is 928. The van der Waals surface area contributed by atoms with Crippen LogP contribution in [-0.2, 0) is 5.60 Å². The number of nitrogens with one attached hydrogen (secondary N) is 1. The van der Waals surface area contributed by atoms with Crippen molar-refractivity contribution in [3.05, 3.63) is 102 Å². The Morgan fingerprint density at radius 2 is 1.48 bits per heavy atom. The van der Waals surface area contributed by atoms with Crippen molar-refractivity contribution in [2.75, 3.05) is 7.11 Å². The maximum atomic E-state index is 12.3. The molecule has 3 nitrogen and oxygen atoms in total. The number of para-hydroxylation sites is 1. The number of piperidine rings is 1. The summed E-state index contributed by atoms with van der Waals surface area (Å²) >= 11 is 0. The van der Waals surface area contributed by atoms with Gasteiger partial charge in [-0.05, 0) is 23.6 Å². The quantitative estimate of drug-likeness (QED) is 0.617. The van der Waals surface area contributed by atoms with Crippen molar-refractivity contribution in [3.8, 4) is 5.75 Å². The van der Waals surface area contributed by atoms with Crippen molar-refractivity contribution in [2.24, 2.45) is 5.92 Å². The predicted octanol–water partition coefficient (Wildman–Crippen LogP) is 5.38. The van der Waals surface area contributed by atoms with Crippen LogP contribution in [0, 0.1) is 5.92 Å². The lowest BCUT2D eigenvalue weighted by atomic mass is 9.67. The van der Waals surface area contributed by atoms with Crippen LogP contribution in [-0.4, -0.2) is 12.2 Å². The molecule has 1 aliphatic rings. The van der Waals surface area contributed by atoms with Crippen LogP contribution in [0.3, 0.4) is 0 Å². The van der Waals surface area contributed by atoms with Gasteiger partial charge in [-0.15, -0.1) is 0 Å². The van der Waals surface area contributed by atoms with Crippen molar-refractivity contribution in [1.82, 2.24) is 5.32 Å². The number of ether oxygens (including phenoxy) is 1. The fourth-order valence-corrected chi connectivity index (χ4v) is 4.90. The summed E-state index contributed by atoms with van der Waals surface area (Å²) in [4.78, 5) is 0. The first-order chi connectivity index (χ1) is 14.2. The molecule has 29 heavy (non-hydrogen) atoms. The Balaban J connectivity index is 1.85. The number of benzene rings is 3. The van der Waals surface area contributed by atoms with Crippen LogP contribution in [0.1, 0.15) is 48.5 Å². The first kappa shape index (κ1) is 19.7. The highest BCUT2D eigenvalue weighted by Crippen LogP contribution is 2.51. The molecule has 0 aromatic heterocycles. The zero-order valence-electron chi connectivity index (χ0n) is 17.1. The number of hydrogen-bond donors (Lipinski definition) is 2. The molecule has 1 fully saturated rings. The van der Waals surface area contributed by atoms with Gasteiger partial charge < -0.3 is 15.2 Å². The predicted molar refractivity (Wildman–Crippen MR) is 117 cm³/mol. The van der Waals surface area contributed by atoms with E-state index in [1.165, 1.54) is 11.1 Å². The van der Waals surface area contributed by atoms with E-state index in [9.17, 15) is 5.11 Å². The van der Waals surface area contributed by atoms with Crippen LogP contribution in [0.15, 0.2) is 84.9 Å². The number of aliphatic hydroxyl groups is 1. The van der Waals surface area contributed by atoms with E-state index in [-0.39, 0.29) is 18.0 Å². The third-order valence-electron chi connectivity index (χ3n) is 6.29. The molecule has 3 heteroatoms. The lowest BCUT2D eigenvalue weighted by molar-refractivity contribution is -0.0842. The normalized spacial score (nSPS) is 26.8. The molecule has 0 amide bonds. The zero-order chi connectivity index (χ0) is 20.3. The van der Waals surface area contributed by atoms with E-state index in [0.717, 1.165) is 17.7 Å². The van der Waals surface area contributed by atoms with E-state index in [2.05, 4.69) is 60.8 Å². The molecule has 1 aliphatic heterocycles. The number of hydrogen-bond acceptors (Lipinski definition) is 3. The maximum Gasteiger partial charge on any atom is 0.124 e. The minimum absolute atomic E-state index is 0.0150. The fourth-order valence-electron chi connectivity index (χ4n) is 4.90. The first-order valence-corrected chi connectivity index (χ1v) is 10.4. The smallest absolute Gasteiger partial charge is 0.124 e. The molecule has 0 radical (unpaired) electrons. The zero-order valence-corrected chi connectivity index (χ0v) is 17.1. The van der Waals surface area contributed by atoms with Gasteiger partial charge in [-0.25, -0.2) is 0 Å². The average molecular weight is 388 g/mol. The van der Waals surface area contributed by atoms with Crippen LogP contribution in [0.25, 0.3) is 0 Å².